The van der Waals surface area contributed by atoms with Gasteiger partial charge < -0.3 is 5.32 Å². The van der Waals surface area contributed by atoms with Crippen LogP contribution < -0.4 is 5.32 Å². The topological polar surface area (TPSA) is 42.7 Å². The van der Waals surface area contributed by atoms with Gasteiger partial charge in [0.1, 0.15) is 16.5 Å². The molecular formula is C18H20ClFN4. The van der Waals surface area contributed by atoms with E-state index < -0.39 is 0 Å². The maximum Gasteiger partial charge on any atom is 0.209 e. The molecule has 3 rings (SSSR count). The highest BCUT2D eigenvalue weighted by Crippen LogP contribution is 2.26. The molecule has 0 saturated carbocycles. The number of nitrogens with zero attached hydrogens (tertiary/aromatic N) is 3. The third-order valence-corrected chi connectivity index (χ3v) is 3.92. The zero-order chi connectivity index (χ0) is 17.3. The Bertz CT molecular complexity index is 850. The van der Waals surface area contributed by atoms with E-state index in [9.17, 15) is 4.39 Å². The van der Waals surface area contributed by atoms with E-state index in [0.717, 1.165) is 24.2 Å². The molecule has 0 atom stereocenters. The molecule has 126 valence electrons. The first kappa shape index (κ1) is 16.7. The molecule has 0 aliphatic carbocycles. The van der Waals surface area contributed by atoms with E-state index >= 15 is 0 Å². The van der Waals surface area contributed by atoms with Gasteiger partial charge in [-0.05, 0) is 48.2 Å². The highest BCUT2D eigenvalue weighted by molar-refractivity contribution is 6.29. The molecule has 0 amide bonds. The number of hydrogen-bond acceptors (Lipinski definition) is 3. The fraction of sp³-hybridized carbons (Fsp3) is 0.333. The van der Waals surface area contributed by atoms with Crippen LogP contribution in [0.4, 0.5) is 10.3 Å². The van der Waals surface area contributed by atoms with Crippen LogP contribution in [0, 0.1) is 11.2 Å². The van der Waals surface area contributed by atoms with Crippen LogP contribution in [0.15, 0.2) is 36.4 Å². The summed E-state index contributed by atoms with van der Waals surface area (Å²) in [6, 6.07) is 9.79. The first-order chi connectivity index (χ1) is 11.3. The Labute approximate surface area is 145 Å². The summed E-state index contributed by atoms with van der Waals surface area (Å²) < 4.78 is 15.1. The Balaban J connectivity index is 2.04. The third kappa shape index (κ3) is 3.67. The van der Waals surface area contributed by atoms with Gasteiger partial charge in [0.25, 0.3) is 0 Å². The number of imidazole rings is 1. The van der Waals surface area contributed by atoms with Crippen molar-refractivity contribution in [1.29, 1.82) is 0 Å². The van der Waals surface area contributed by atoms with Gasteiger partial charge in [-0.2, -0.15) is 0 Å². The van der Waals surface area contributed by atoms with E-state index in [0.29, 0.717) is 16.7 Å². The van der Waals surface area contributed by atoms with Crippen LogP contribution in [-0.2, 0) is 0 Å². The summed E-state index contributed by atoms with van der Waals surface area (Å²) >= 11 is 6.04. The molecule has 0 aliphatic rings. The second kappa shape index (κ2) is 6.40. The molecule has 0 aliphatic heterocycles. The highest BCUT2D eigenvalue weighted by atomic mass is 35.5. The van der Waals surface area contributed by atoms with Crippen molar-refractivity contribution in [3.63, 3.8) is 0 Å². The second-order valence-electron chi connectivity index (χ2n) is 6.96. The SMILES string of the molecule is CC(C)(C)CCNc1nc2ccc(Cl)nc2n1-c1ccc(F)cc1. The van der Waals surface area contributed by atoms with Gasteiger partial charge >= 0.3 is 0 Å². The largest absolute Gasteiger partial charge is 0.355 e. The Morgan fingerprint density at radius 2 is 1.79 bits per heavy atom. The van der Waals surface area contributed by atoms with Crippen LogP contribution in [0.3, 0.4) is 0 Å². The standard InChI is InChI=1S/C18H20ClFN4/c1-18(2,3)10-11-21-17-22-14-8-9-15(19)23-16(14)24(17)13-6-4-12(20)5-7-13/h4-9H,10-11H2,1-3H3,(H,21,22). The summed E-state index contributed by atoms with van der Waals surface area (Å²) in [6.45, 7) is 7.36. The summed E-state index contributed by atoms with van der Waals surface area (Å²) in [4.78, 5) is 8.99. The van der Waals surface area contributed by atoms with Crippen molar-refractivity contribution in [2.45, 2.75) is 27.2 Å². The lowest BCUT2D eigenvalue weighted by molar-refractivity contribution is 0.389. The summed E-state index contributed by atoms with van der Waals surface area (Å²) in [5, 5.41) is 3.76. The molecule has 0 spiro atoms. The molecule has 4 nitrogen and oxygen atoms in total. The smallest absolute Gasteiger partial charge is 0.209 e. The first-order valence-corrected chi connectivity index (χ1v) is 8.26. The van der Waals surface area contributed by atoms with Crippen molar-refractivity contribution >= 4 is 28.7 Å². The summed E-state index contributed by atoms with van der Waals surface area (Å²) in [5.41, 5.74) is 2.39. The number of hydrogen-bond donors (Lipinski definition) is 1. The fourth-order valence-corrected chi connectivity index (χ4v) is 2.58. The van der Waals surface area contributed by atoms with Crippen molar-refractivity contribution in [3.8, 4) is 5.69 Å². The lowest BCUT2D eigenvalue weighted by Crippen LogP contribution is -2.15. The molecule has 0 fully saturated rings. The van der Waals surface area contributed by atoms with Gasteiger partial charge in [0, 0.05) is 6.54 Å². The van der Waals surface area contributed by atoms with Gasteiger partial charge in [0.15, 0.2) is 5.65 Å². The van der Waals surface area contributed by atoms with E-state index in [1.165, 1.54) is 12.1 Å². The van der Waals surface area contributed by atoms with Crippen molar-refractivity contribution in [3.05, 3.63) is 47.4 Å². The summed E-state index contributed by atoms with van der Waals surface area (Å²) in [5.74, 6) is 0.395. The maximum atomic E-state index is 13.3. The molecule has 1 N–H and O–H groups in total. The molecule has 0 radical (unpaired) electrons. The van der Waals surface area contributed by atoms with Gasteiger partial charge in [-0.25, -0.2) is 14.4 Å². The van der Waals surface area contributed by atoms with Crippen LogP contribution >= 0.6 is 11.6 Å². The van der Waals surface area contributed by atoms with E-state index in [-0.39, 0.29) is 11.2 Å². The third-order valence-electron chi connectivity index (χ3n) is 3.71. The number of pyridine rings is 1. The van der Waals surface area contributed by atoms with E-state index in [2.05, 4.69) is 36.1 Å². The first-order valence-electron chi connectivity index (χ1n) is 7.88. The number of benzene rings is 1. The van der Waals surface area contributed by atoms with E-state index in [1.807, 2.05) is 10.6 Å². The minimum atomic E-state index is -0.281. The minimum absolute atomic E-state index is 0.223. The molecule has 1 aromatic carbocycles. The number of halogens is 2. The normalized spacial score (nSPS) is 11.9. The Kier molecular flexibility index (Phi) is 4.45. The van der Waals surface area contributed by atoms with Crippen molar-refractivity contribution < 1.29 is 4.39 Å². The summed E-state index contributed by atoms with van der Waals surface area (Å²) in [7, 11) is 0. The Hall–Kier alpha value is -2.14. The molecule has 6 heteroatoms. The molecule has 0 bridgehead atoms. The molecule has 0 saturated heterocycles. The zero-order valence-corrected chi connectivity index (χ0v) is 14.7. The highest BCUT2D eigenvalue weighted by Gasteiger charge is 2.15. The van der Waals surface area contributed by atoms with Gasteiger partial charge in [-0.1, -0.05) is 32.4 Å². The second-order valence-corrected chi connectivity index (χ2v) is 7.35. The number of aromatic nitrogens is 3. The molecule has 24 heavy (non-hydrogen) atoms. The summed E-state index contributed by atoms with van der Waals surface area (Å²) in [6.07, 6.45) is 0.994. The molecule has 3 aromatic rings. The van der Waals surface area contributed by atoms with E-state index in [1.54, 1.807) is 18.2 Å². The lowest BCUT2D eigenvalue weighted by Gasteiger charge is -2.18. The monoisotopic (exact) mass is 346 g/mol. The van der Waals surface area contributed by atoms with E-state index in [4.69, 9.17) is 11.6 Å². The van der Waals surface area contributed by atoms with Crippen molar-refractivity contribution in [1.82, 2.24) is 14.5 Å². The van der Waals surface area contributed by atoms with Crippen LogP contribution in [0.2, 0.25) is 5.15 Å². The number of fused-ring (bicyclic) bond motifs is 1. The van der Waals surface area contributed by atoms with Crippen LogP contribution in [0.1, 0.15) is 27.2 Å². The van der Waals surface area contributed by atoms with Crippen LogP contribution in [-0.4, -0.2) is 21.1 Å². The quantitative estimate of drug-likeness (QED) is 0.671. The van der Waals surface area contributed by atoms with Crippen LogP contribution in [0.5, 0.6) is 0 Å². The molecule has 2 heterocycles. The number of rotatable bonds is 4. The van der Waals surface area contributed by atoms with Gasteiger partial charge in [-0.15, -0.1) is 0 Å². The van der Waals surface area contributed by atoms with Gasteiger partial charge in [0.05, 0.1) is 5.69 Å². The molecule has 0 unspecified atom stereocenters. The molecule has 2 aromatic heterocycles. The van der Waals surface area contributed by atoms with Gasteiger partial charge in [-0.3, -0.25) is 4.57 Å². The fourth-order valence-electron chi connectivity index (χ4n) is 2.44. The average Bonchev–Trinajstić information content (AvgIpc) is 2.84. The van der Waals surface area contributed by atoms with Crippen molar-refractivity contribution in [2.24, 2.45) is 5.41 Å². The van der Waals surface area contributed by atoms with Gasteiger partial charge in [0.2, 0.25) is 5.95 Å². The predicted molar refractivity (Wildman–Crippen MR) is 96.4 cm³/mol. The Morgan fingerprint density at radius 3 is 2.46 bits per heavy atom. The molecular weight excluding hydrogens is 327 g/mol. The average molecular weight is 347 g/mol. The lowest BCUT2D eigenvalue weighted by atomic mass is 9.92. The minimum Gasteiger partial charge on any atom is -0.355 e. The zero-order valence-electron chi connectivity index (χ0n) is 14.0. The predicted octanol–water partition coefficient (Wildman–Crippen LogP) is 5.06. The van der Waals surface area contributed by atoms with Crippen LogP contribution in [0.25, 0.3) is 16.9 Å². The number of anilines is 1. The number of nitrogens with one attached hydrogen (secondary N) is 1. The maximum absolute atomic E-state index is 13.3. The Morgan fingerprint density at radius 1 is 1.08 bits per heavy atom. The van der Waals surface area contributed by atoms with Crippen molar-refractivity contribution in [2.75, 3.05) is 11.9 Å².